The molecule has 1 saturated heterocycles. The van der Waals surface area contributed by atoms with Gasteiger partial charge in [-0.05, 0) is 57.2 Å². The van der Waals surface area contributed by atoms with Crippen LogP contribution in [0.3, 0.4) is 0 Å². The van der Waals surface area contributed by atoms with E-state index < -0.39 is 0 Å². The predicted octanol–water partition coefficient (Wildman–Crippen LogP) is 4.07. The number of benzene rings is 1. The number of carbonyl (C=O) groups is 1. The van der Waals surface area contributed by atoms with Crippen LogP contribution < -0.4 is 4.74 Å². The summed E-state index contributed by atoms with van der Waals surface area (Å²) in [5, 5.41) is 0. The summed E-state index contributed by atoms with van der Waals surface area (Å²) in [4.78, 5) is 15.1. The molecule has 1 amide bonds. The first-order valence-corrected chi connectivity index (χ1v) is 10.2. The molecule has 1 aromatic carbocycles. The van der Waals surface area contributed by atoms with Gasteiger partial charge in [0.05, 0.1) is 12.2 Å². The quantitative estimate of drug-likeness (QED) is 0.612. The van der Waals surface area contributed by atoms with Gasteiger partial charge in [0.15, 0.2) is 0 Å². The molecule has 2 aromatic rings. The van der Waals surface area contributed by atoms with Crippen LogP contribution in [0.1, 0.15) is 41.0 Å². The molecular formula is C23H32N2O3. The monoisotopic (exact) mass is 384 g/mol. The Morgan fingerprint density at radius 1 is 1.18 bits per heavy atom. The highest BCUT2D eigenvalue weighted by Gasteiger charge is 2.28. The van der Waals surface area contributed by atoms with E-state index in [1.807, 2.05) is 48.2 Å². The first-order valence-electron chi connectivity index (χ1n) is 10.2. The van der Waals surface area contributed by atoms with E-state index in [2.05, 4.69) is 11.5 Å². The van der Waals surface area contributed by atoms with E-state index >= 15 is 0 Å². The molecule has 0 saturated carbocycles. The van der Waals surface area contributed by atoms with Crippen molar-refractivity contribution < 1.29 is 14.3 Å². The van der Waals surface area contributed by atoms with Crippen LogP contribution in [0.2, 0.25) is 0 Å². The minimum Gasteiger partial charge on any atom is -0.494 e. The first kappa shape index (κ1) is 20.5. The molecule has 0 N–H and O–H groups in total. The Balaban J connectivity index is 1.52. The molecule has 0 spiro atoms. The zero-order chi connectivity index (χ0) is 19.9. The highest BCUT2D eigenvalue weighted by Crippen LogP contribution is 2.24. The summed E-state index contributed by atoms with van der Waals surface area (Å²) in [6, 6.07) is 12.0. The van der Waals surface area contributed by atoms with E-state index in [1.54, 1.807) is 7.11 Å². The fourth-order valence-corrected chi connectivity index (χ4v) is 4.01. The smallest absolute Gasteiger partial charge is 0.255 e. The molecule has 2 heterocycles. The van der Waals surface area contributed by atoms with Gasteiger partial charge in [-0.25, -0.2) is 0 Å². The van der Waals surface area contributed by atoms with Gasteiger partial charge in [-0.15, -0.1) is 0 Å². The number of carbonyl (C=O) groups excluding carboxylic acids is 1. The van der Waals surface area contributed by atoms with Crippen LogP contribution in [0.15, 0.2) is 36.4 Å². The maximum atomic E-state index is 13.1. The number of para-hydroxylation sites is 1. The van der Waals surface area contributed by atoms with Gasteiger partial charge in [0.1, 0.15) is 5.75 Å². The van der Waals surface area contributed by atoms with E-state index in [4.69, 9.17) is 9.47 Å². The van der Waals surface area contributed by atoms with Crippen molar-refractivity contribution in [3.05, 3.63) is 53.3 Å². The van der Waals surface area contributed by atoms with Crippen molar-refractivity contribution in [3.8, 4) is 5.75 Å². The molecular weight excluding hydrogens is 352 g/mol. The molecule has 1 aliphatic heterocycles. The third-order valence-electron chi connectivity index (χ3n) is 5.65. The predicted molar refractivity (Wildman–Crippen MR) is 111 cm³/mol. The number of aromatic nitrogens is 1. The van der Waals surface area contributed by atoms with E-state index in [-0.39, 0.29) is 5.91 Å². The Morgan fingerprint density at radius 3 is 2.71 bits per heavy atom. The van der Waals surface area contributed by atoms with E-state index in [1.165, 1.54) is 0 Å². The number of rotatable bonds is 9. The van der Waals surface area contributed by atoms with Crippen LogP contribution in [-0.4, -0.2) is 48.8 Å². The number of hydrogen-bond acceptors (Lipinski definition) is 3. The van der Waals surface area contributed by atoms with E-state index in [9.17, 15) is 4.79 Å². The van der Waals surface area contributed by atoms with Crippen molar-refractivity contribution in [2.24, 2.45) is 5.92 Å². The second-order valence-corrected chi connectivity index (χ2v) is 7.64. The van der Waals surface area contributed by atoms with Gasteiger partial charge in [-0.3, -0.25) is 4.79 Å². The normalized spacial score (nSPS) is 16.5. The topological polar surface area (TPSA) is 43.7 Å². The van der Waals surface area contributed by atoms with Crippen LogP contribution in [0.4, 0.5) is 0 Å². The lowest BCUT2D eigenvalue weighted by molar-refractivity contribution is 0.0784. The average molecular weight is 385 g/mol. The van der Waals surface area contributed by atoms with Gasteiger partial charge in [0.25, 0.3) is 5.91 Å². The molecule has 3 rings (SSSR count). The Bertz CT molecular complexity index is 770. The number of amides is 1. The highest BCUT2D eigenvalue weighted by molar-refractivity contribution is 5.95. The number of nitrogens with zero attached hydrogens (tertiary/aromatic N) is 2. The van der Waals surface area contributed by atoms with Crippen LogP contribution in [0, 0.1) is 19.8 Å². The van der Waals surface area contributed by atoms with Gasteiger partial charge in [0.2, 0.25) is 0 Å². The van der Waals surface area contributed by atoms with Crippen molar-refractivity contribution in [1.82, 2.24) is 9.47 Å². The van der Waals surface area contributed by atoms with Crippen molar-refractivity contribution in [2.75, 3.05) is 33.4 Å². The maximum absolute atomic E-state index is 13.1. The van der Waals surface area contributed by atoms with E-state index in [0.29, 0.717) is 12.5 Å². The first-order chi connectivity index (χ1) is 13.6. The molecule has 1 aliphatic rings. The standard InChI is InChI=1S/C23H32N2O3/c1-18-16-22(19(2)25(18)12-7-14-27-3)23(26)24-13-10-20(17-24)11-15-28-21-8-5-4-6-9-21/h4-6,8-9,16,20H,7,10-15,17H2,1-3H3. The van der Waals surface area contributed by atoms with Crippen LogP contribution in [-0.2, 0) is 11.3 Å². The number of likely N-dealkylation sites (tertiary alicyclic amines) is 1. The maximum Gasteiger partial charge on any atom is 0.255 e. The molecule has 0 bridgehead atoms. The summed E-state index contributed by atoms with van der Waals surface area (Å²) in [5.74, 6) is 1.59. The molecule has 0 aliphatic carbocycles. The van der Waals surface area contributed by atoms with Gasteiger partial charge in [-0.2, -0.15) is 0 Å². The molecule has 5 nitrogen and oxygen atoms in total. The molecule has 152 valence electrons. The summed E-state index contributed by atoms with van der Waals surface area (Å²) in [5.41, 5.74) is 3.05. The molecule has 0 radical (unpaired) electrons. The Kier molecular flexibility index (Phi) is 7.15. The second-order valence-electron chi connectivity index (χ2n) is 7.64. The minimum absolute atomic E-state index is 0.164. The molecule has 1 unspecified atom stereocenters. The van der Waals surface area contributed by atoms with Gasteiger partial charge in [-0.1, -0.05) is 18.2 Å². The summed E-state index contributed by atoms with van der Waals surface area (Å²) in [6.07, 6.45) is 2.98. The zero-order valence-corrected chi connectivity index (χ0v) is 17.3. The van der Waals surface area contributed by atoms with Crippen LogP contribution in [0.5, 0.6) is 5.75 Å². The molecule has 28 heavy (non-hydrogen) atoms. The SMILES string of the molecule is COCCCn1c(C)cc(C(=O)N2CCC(CCOc3ccccc3)C2)c1C. The number of ether oxygens (including phenoxy) is 2. The van der Waals surface area contributed by atoms with Gasteiger partial charge >= 0.3 is 0 Å². The minimum atomic E-state index is 0.164. The molecule has 1 fully saturated rings. The molecule has 1 aromatic heterocycles. The second kappa shape index (κ2) is 9.78. The molecule has 1 atom stereocenters. The van der Waals surface area contributed by atoms with Gasteiger partial charge in [0, 0.05) is 44.7 Å². The fourth-order valence-electron chi connectivity index (χ4n) is 4.01. The lowest BCUT2D eigenvalue weighted by Crippen LogP contribution is -2.29. The lowest BCUT2D eigenvalue weighted by Gasteiger charge is -2.17. The summed E-state index contributed by atoms with van der Waals surface area (Å²) in [7, 11) is 1.72. The summed E-state index contributed by atoms with van der Waals surface area (Å²) < 4.78 is 13.2. The highest BCUT2D eigenvalue weighted by atomic mass is 16.5. The van der Waals surface area contributed by atoms with E-state index in [0.717, 1.165) is 68.2 Å². The summed E-state index contributed by atoms with van der Waals surface area (Å²) in [6.45, 7) is 8.10. The third-order valence-corrected chi connectivity index (χ3v) is 5.65. The lowest BCUT2D eigenvalue weighted by atomic mass is 10.1. The molecule has 5 heteroatoms. The van der Waals surface area contributed by atoms with Crippen molar-refractivity contribution in [3.63, 3.8) is 0 Å². The van der Waals surface area contributed by atoms with Crippen molar-refractivity contribution in [1.29, 1.82) is 0 Å². The largest absolute Gasteiger partial charge is 0.494 e. The average Bonchev–Trinajstić information content (AvgIpc) is 3.28. The zero-order valence-electron chi connectivity index (χ0n) is 17.3. The van der Waals surface area contributed by atoms with Crippen LogP contribution in [0.25, 0.3) is 0 Å². The third kappa shape index (κ3) is 4.96. The van der Waals surface area contributed by atoms with Crippen molar-refractivity contribution >= 4 is 5.91 Å². The summed E-state index contributed by atoms with van der Waals surface area (Å²) >= 11 is 0. The van der Waals surface area contributed by atoms with Gasteiger partial charge < -0.3 is 18.9 Å². The fraction of sp³-hybridized carbons (Fsp3) is 0.522. The Hall–Kier alpha value is -2.27. The Morgan fingerprint density at radius 2 is 1.96 bits per heavy atom. The van der Waals surface area contributed by atoms with Crippen LogP contribution >= 0.6 is 0 Å². The van der Waals surface area contributed by atoms with Crippen molar-refractivity contribution in [2.45, 2.75) is 39.7 Å². The Labute approximate surface area is 168 Å². The number of hydrogen-bond donors (Lipinski definition) is 0. The number of aryl methyl sites for hydroxylation is 1. The number of methoxy groups -OCH3 is 1.